The summed E-state index contributed by atoms with van der Waals surface area (Å²) >= 11 is 0. The summed E-state index contributed by atoms with van der Waals surface area (Å²) in [6, 6.07) is 11.1. The highest BCUT2D eigenvalue weighted by Crippen LogP contribution is 2.14. The molecule has 3 rings (SSSR count). The second kappa shape index (κ2) is 8.91. The Labute approximate surface area is 134 Å². The van der Waals surface area contributed by atoms with E-state index in [1.165, 1.54) is 25.1 Å². The lowest BCUT2D eigenvalue weighted by molar-refractivity contribution is -0.121. The molecule has 4 nitrogen and oxygen atoms in total. The molecule has 1 aromatic rings. The van der Waals surface area contributed by atoms with E-state index < -0.39 is 0 Å². The predicted molar refractivity (Wildman–Crippen MR) is 92.3 cm³/mol. The van der Waals surface area contributed by atoms with Crippen LogP contribution in [0.3, 0.4) is 0 Å². The maximum atomic E-state index is 10.6. The number of para-hydroxylation sites is 1. The molecule has 2 aliphatic rings. The van der Waals surface area contributed by atoms with E-state index in [0.717, 1.165) is 25.9 Å². The van der Waals surface area contributed by atoms with E-state index >= 15 is 0 Å². The fourth-order valence-corrected chi connectivity index (χ4v) is 3.06. The molecule has 1 N–H and O–H groups in total. The van der Waals surface area contributed by atoms with Crippen LogP contribution >= 0.6 is 0 Å². The van der Waals surface area contributed by atoms with Gasteiger partial charge in [-0.2, -0.15) is 0 Å². The summed E-state index contributed by atoms with van der Waals surface area (Å²) in [6.07, 6.45) is 4.44. The van der Waals surface area contributed by atoms with Gasteiger partial charge in [0.15, 0.2) is 0 Å². The SMILES string of the molecule is CN1CCCC(=O)C1.CN1CCCC(Nc2ccccc2)C1. The first kappa shape index (κ1) is 17.0. The van der Waals surface area contributed by atoms with E-state index in [0.29, 0.717) is 18.4 Å². The number of hydrogen-bond acceptors (Lipinski definition) is 4. The van der Waals surface area contributed by atoms with Crippen molar-refractivity contribution < 1.29 is 4.79 Å². The maximum absolute atomic E-state index is 10.6. The van der Waals surface area contributed by atoms with Crippen molar-refractivity contribution in [3.05, 3.63) is 30.3 Å². The van der Waals surface area contributed by atoms with Crippen molar-refractivity contribution in [2.24, 2.45) is 0 Å². The summed E-state index contributed by atoms with van der Waals surface area (Å²) in [7, 11) is 4.18. The van der Waals surface area contributed by atoms with E-state index in [9.17, 15) is 4.79 Å². The molecule has 0 saturated carbocycles. The third kappa shape index (κ3) is 6.16. The number of nitrogens with one attached hydrogen (secondary N) is 1. The van der Waals surface area contributed by atoms with E-state index in [-0.39, 0.29) is 0 Å². The number of benzene rings is 1. The topological polar surface area (TPSA) is 35.6 Å². The van der Waals surface area contributed by atoms with Gasteiger partial charge in [-0.3, -0.25) is 9.69 Å². The van der Waals surface area contributed by atoms with Gasteiger partial charge in [0, 0.05) is 24.7 Å². The van der Waals surface area contributed by atoms with Gasteiger partial charge in [0.05, 0.1) is 6.54 Å². The summed E-state index contributed by atoms with van der Waals surface area (Å²) in [4.78, 5) is 15.1. The Balaban J connectivity index is 0.000000188. The van der Waals surface area contributed by atoms with E-state index in [4.69, 9.17) is 0 Å². The Kier molecular flexibility index (Phi) is 6.87. The summed E-state index contributed by atoms with van der Waals surface area (Å²) in [5, 5.41) is 3.57. The molecule has 1 atom stereocenters. The highest BCUT2D eigenvalue weighted by molar-refractivity contribution is 5.80. The molecule has 2 aliphatic heterocycles. The molecule has 0 radical (unpaired) electrons. The Morgan fingerprint density at radius 2 is 1.77 bits per heavy atom. The van der Waals surface area contributed by atoms with E-state index in [2.05, 4.69) is 52.5 Å². The van der Waals surface area contributed by atoms with Crippen LogP contribution in [0.5, 0.6) is 0 Å². The number of hydrogen-bond donors (Lipinski definition) is 1. The van der Waals surface area contributed by atoms with Crippen LogP contribution in [0.1, 0.15) is 25.7 Å². The molecule has 0 spiro atoms. The van der Waals surface area contributed by atoms with Crippen molar-refractivity contribution in [2.75, 3.05) is 45.6 Å². The molecule has 2 fully saturated rings. The predicted octanol–water partition coefficient (Wildman–Crippen LogP) is 2.47. The molecule has 0 bridgehead atoms. The second-order valence-corrected chi connectivity index (χ2v) is 6.49. The summed E-state index contributed by atoms with van der Waals surface area (Å²) in [5.74, 6) is 0.388. The lowest BCUT2D eigenvalue weighted by Gasteiger charge is -2.30. The van der Waals surface area contributed by atoms with Gasteiger partial charge in [0.1, 0.15) is 5.78 Å². The Morgan fingerprint density at radius 1 is 1.05 bits per heavy atom. The smallest absolute Gasteiger partial charge is 0.146 e. The minimum absolute atomic E-state index is 0.388. The third-order valence-corrected chi connectivity index (χ3v) is 4.21. The summed E-state index contributed by atoms with van der Waals surface area (Å²) in [5.41, 5.74) is 1.24. The largest absolute Gasteiger partial charge is 0.381 e. The molecule has 1 aromatic carbocycles. The summed E-state index contributed by atoms with van der Waals surface area (Å²) in [6.45, 7) is 4.16. The molecule has 0 aromatic heterocycles. The van der Waals surface area contributed by atoms with Crippen LogP contribution in [0.15, 0.2) is 30.3 Å². The van der Waals surface area contributed by atoms with Gasteiger partial charge in [-0.1, -0.05) is 18.2 Å². The number of anilines is 1. The number of ketones is 1. The zero-order valence-electron chi connectivity index (χ0n) is 13.9. The zero-order valence-corrected chi connectivity index (χ0v) is 13.9. The van der Waals surface area contributed by atoms with Crippen LogP contribution in [-0.2, 0) is 4.79 Å². The monoisotopic (exact) mass is 303 g/mol. The van der Waals surface area contributed by atoms with Crippen LogP contribution in [0, 0.1) is 0 Å². The van der Waals surface area contributed by atoms with Crippen molar-refractivity contribution in [3.8, 4) is 0 Å². The number of Topliss-reactive ketones (excluding diaryl/α,β-unsaturated/α-hetero) is 1. The van der Waals surface area contributed by atoms with Crippen molar-refractivity contribution in [1.29, 1.82) is 0 Å². The van der Waals surface area contributed by atoms with Gasteiger partial charge in [-0.25, -0.2) is 0 Å². The number of carbonyl (C=O) groups excluding carboxylic acids is 1. The fraction of sp³-hybridized carbons (Fsp3) is 0.611. The number of likely N-dealkylation sites (tertiary alicyclic amines) is 2. The number of rotatable bonds is 2. The lowest BCUT2D eigenvalue weighted by atomic mass is 10.1. The highest BCUT2D eigenvalue weighted by Gasteiger charge is 2.16. The van der Waals surface area contributed by atoms with Crippen molar-refractivity contribution >= 4 is 11.5 Å². The van der Waals surface area contributed by atoms with Crippen molar-refractivity contribution in [2.45, 2.75) is 31.7 Å². The van der Waals surface area contributed by atoms with Crippen LogP contribution < -0.4 is 5.32 Å². The Bertz CT molecular complexity index is 449. The fourth-order valence-electron chi connectivity index (χ4n) is 3.06. The molecule has 1 unspecified atom stereocenters. The van der Waals surface area contributed by atoms with Gasteiger partial charge in [0.2, 0.25) is 0 Å². The minimum atomic E-state index is 0.388. The quantitative estimate of drug-likeness (QED) is 0.910. The van der Waals surface area contributed by atoms with Gasteiger partial charge in [-0.15, -0.1) is 0 Å². The molecular weight excluding hydrogens is 274 g/mol. The maximum Gasteiger partial charge on any atom is 0.146 e. The molecule has 4 heteroatoms. The van der Waals surface area contributed by atoms with E-state index in [1.807, 2.05) is 7.05 Å². The van der Waals surface area contributed by atoms with Crippen molar-refractivity contribution in [1.82, 2.24) is 9.80 Å². The number of likely N-dealkylation sites (N-methyl/N-ethyl adjacent to an activating group) is 2. The molecule has 2 heterocycles. The number of nitrogens with zero attached hydrogens (tertiary/aromatic N) is 2. The molecule has 122 valence electrons. The normalized spacial score (nSPS) is 23.5. The van der Waals surface area contributed by atoms with Crippen LogP contribution in [0.2, 0.25) is 0 Å². The lowest BCUT2D eigenvalue weighted by Crippen LogP contribution is -2.39. The van der Waals surface area contributed by atoms with E-state index in [1.54, 1.807) is 0 Å². The second-order valence-electron chi connectivity index (χ2n) is 6.49. The Morgan fingerprint density at radius 3 is 2.36 bits per heavy atom. The van der Waals surface area contributed by atoms with Crippen LogP contribution in [0.25, 0.3) is 0 Å². The van der Waals surface area contributed by atoms with Crippen LogP contribution in [0.4, 0.5) is 5.69 Å². The van der Waals surface area contributed by atoms with Gasteiger partial charge in [-0.05, 0) is 58.6 Å². The molecular formula is C18H29N3O. The average Bonchev–Trinajstić information content (AvgIpc) is 2.49. The first-order valence-electron chi connectivity index (χ1n) is 8.34. The minimum Gasteiger partial charge on any atom is -0.381 e. The third-order valence-electron chi connectivity index (χ3n) is 4.21. The number of piperidine rings is 2. The Hall–Kier alpha value is -1.39. The molecule has 0 amide bonds. The zero-order chi connectivity index (χ0) is 15.8. The first-order chi connectivity index (χ1) is 10.6. The standard InChI is InChI=1S/C12H18N2.C6H11NO/c1-14-9-5-8-12(10-14)13-11-6-3-2-4-7-11;1-7-4-2-3-6(8)5-7/h2-4,6-7,12-13H,5,8-10H2,1H3;2-5H2,1H3. The average molecular weight is 303 g/mol. The number of carbonyl (C=O) groups is 1. The first-order valence-corrected chi connectivity index (χ1v) is 8.34. The molecule has 22 heavy (non-hydrogen) atoms. The van der Waals surface area contributed by atoms with Gasteiger partial charge < -0.3 is 10.2 Å². The molecule has 2 saturated heterocycles. The van der Waals surface area contributed by atoms with Crippen LogP contribution in [-0.4, -0.2) is 61.9 Å². The molecule has 0 aliphatic carbocycles. The summed E-state index contributed by atoms with van der Waals surface area (Å²) < 4.78 is 0. The van der Waals surface area contributed by atoms with Gasteiger partial charge >= 0.3 is 0 Å². The van der Waals surface area contributed by atoms with Gasteiger partial charge in [0.25, 0.3) is 0 Å². The van der Waals surface area contributed by atoms with Crippen molar-refractivity contribution in [3.63, 3.8) is 0 Å². The highest BCUT2D eigenvalue weighted by atomic mass is 16.1.